The molecule has 6 heteroatoms. The monoisotopic (exact) mass is 230 g/mol. The summed E-state index contributed by atoms with van der Waals surface area (Å²) < 4.78 is 4.47. The van der Waals surface area contributed by atoms with Gasteiger partial charge < -0.3 is 12.7 Å². The molecule has 14 heavy (non-hydrogen) atoms. The third-order valence-electron chi connectivity index (χ3n) is 1.29. The number of rotatable bonds is 3. The Morgan fingerprint density at radius 2 is 1.86 bits per heavy atom. The van der Waals surface area contributed by atoms with E-state index in [1.165, 1.54) is 24.3 Å². The fourth-order valence-corrected chi connectivity index (χ4v) is 0.732. The van der Waals surface area contributed by atoms with Crippen molar-refractivity contribution in [1.29, 1.82) is 0 Å². The summed E-state index contributed by atoms with van der Waals surface area (Å²) in [6, 6.07) is 5.55. The number of carbonyl (C=O) groups is 2. The van der Waals surface area contributed by atoms with Gasteiger partial charge in [-0.15, -0.1) is 0 Å². The largest absolute Gasteiger partial charge is 1.00 e. The average Bonchev–Trinajstić information content (AvgIpc) is 2.06. The molecule has 0 heterocycles. The second-order valence-corrected chi connectivity index (χ2v) is 2.04. The Morgan fingerprint density at radius 3 is 2.21 bits per heavy atom. The van der Waals surface area contributed by atoms with Crippen molar-refractivity contribution in [2.45, 2.75) is 0 Å². The van der Waals surface area contributed by atoms with E-state index in [2.05, 4.69) is 4.74 Å². The van der Waals surface area contributed by atoms with Gasteiger partial charge in [-0.3, -0.25) is 4.79 Å². The topological polar surface area (TPSA) is 63.6 Å². The Balaban J connectivity index is -0.000000180. The van der Waals surface area contributed by atoms with Crippen LogP contribution in [0, 0.1) is 0 Å². The molecule has 0 unspecified atom stereocenters. The molecule has 0 atom stereocenters. The van der Waals surface area contributed by atoms with Crippen LogP contribution in [0.4, 0.5) is 0 Å². The number of carbonyl (C=O) groups excluding carboxylic acids is 1. The van der Waals surface area contributed by atoms with Crippen LogP contribution in [0.5, 0.6) is 5.75 Å². The van der Waals surface area contributed by atoms with Gasteiger partial charge in [-0.2, -0.15) is 0 Å². The van der Waals surface area contributed by atoms with Crippen LogP contribution in [-0.4, -0.2) is 17.5 Å². The number of benzene rings is 1. The third kappa shape index (κ3) is 5.62. The zero-order chi connectivity index (χ0) is 8.97. The molecule has 0 fully saturated rings. The smallest absolute Gasteiger partial charge is 1.00 e. The Kier molecular flexibility index (Phi) is 11.1. The Bertz CT molecular complexity index is 307. The Labute approximate surface area is 149 Å². The zero-order valence-corrected chi connectivity index (χ0v) is 13.2. The molecule has 0 radical (unpaired) electrons. The van der Waals surface area contributed by atoms with E-state index in [1.807, 2.05) is 0 Å². The van der Waals surface area contributed by atoms with Gasteiger partial charge in [0.2, 0.25) is 0 Å². The molecule has 1 aromatic carbocycles. The predicted molar refractivity (Wildman–Crippen MR) is 42.3 cm³/mol. The first-order valence-corrected chi connectivity index (χ1v) is 3.17. The van der Waals surface area contributed by atoms with Gasteiger partial charge in [0, 0.05) is 0 Å². The molecule has 0 saturated carbocycles. The SMILES string of the molecule is O=COc1ccc(C(=O)O)cc1.[H-].[H-].[K+].[Na+]. The molecule has 0 aliphatic carbocycles. The molecule has 0 aliphatic heterocycles. The molecular weight excluding hydrogens is 222 g/mol. The molecule has 0 spiro atoms. The molecule has 0 amide bonds. The van der Waals surface area contributed by atoms with E-state index >= 15 is 0 Å². The summed E-state index contributed by atoms with van der Waals surface area (Å²) in [4.78, 5) is 20.2. The molecule has 0 aromatic heterocycles. The van der Waals surface area contributed by atoms with Crippen molar-refractivity contribution in [3.8, 4) is 5.75 Å². The van der Waals surface area contributed by atoms with Gasteiger partial charge in [-0.1, -0.05) is 0 Å². The minimum absolute atomic E-state index is 0. The fourth-order valence-electron chi connectivity index (χ4n) is 0.732. The van der Waals surface area contributed by atoms with E-state index in [1.54, 1.807) is 0 Å². The summed E-state index contributed by atoms with van der Waals surface area (Å²) in [5.74, 6) is -0.678. The summed E-state index contributed by atoms with van der Waals surface area (Å²) in [7, 11) is 0. The summed E-state index contributed by atoms with van der Waals surface area (Å²) in [5.41, 5.74) is 0.160. The molecule has 1 N–H and O–H groups in total. The average molecular weight is 230 g/mol. The maximum Gasteiger partial charge on any atom is 1.00 e. The van der Waals surface area contributed by atoms with Gasteiger partial charge in [0.05, 0.1) is 5.56 Å². The molecule has 4 nitrogen and oxygen atoms in total. The molecule has 1 aromatic rings. The molecule has 0 saturated heterocycles. The van der Waals surface area contributed by atoms with Crippen molar-refractivity contribution in [1.82, 2.24) is 0 Å². The van der Waals surface area contributed by atoms with Crippen molar-refractivity contribution >= 4 is 12.4 Å². The van der Waals surface area contributed by atoms with Crippen LogP contribution in [-0.2, 0) is 4.79 Å². The van der Waals surface area contributed by atoms with Gasteiger partial charge in [-0.05, 0) is 24.3 Å². The molecule has 66 valence electrons. The first kappa shape index (κ1) is 17.2. The molecule has 0 bridgehead atoms. The van der Waals surface area contributed by atoms with E-state index in [9.17, 15) is 9.59 Å². The first-order chi connectivity index (χ1) is 5.74. The summed E-state index contributed by atoms with van der Waals surface area (Å²) in [6.45, 7) is 0.287. The Morgan fingerprint density at radius 1 is 1.36 bits per heavy atom. The van der Waals surface area contributed by atoms with Crippen LogP contribution in [0.1, 0.15) is 13.2 Å². The van der Waals surface area contributed by atoms with Crippen LogP contribution in [0.2, 0.25) is 0 Å². The zero-order valence-electron chi connectivity index (χ0n) is 10.1. The summed E-state index contributed by atoms with van der Waals surface area (Å²) in [6.07, 6.45) is 0. The van der Waals surface area contributed by atoms with E-state index in [4.69, 9.17) is 5.11 Å². The number of aromatic carboxylic acids is 1. The number of carboxylic acids is 1. The van der Waals surface area contributed by atoms with Crippen molar-refractivity contribution in [3.63, 3.8) is 0 Å². The molecule has 1 rings (SSSR count). The molecule has 0 aliphatic rings. The third-order valence-corrected chi connectivity index (χ3v) is 1.29. The number of hydrogen-bond donors (Lipinski definition) is 1. The van der Waals surface area contributed by atoms with Crippen LogP contribution >= 0.6 is 0 Å². The van der Waals surface area contributed by atoms with Gasteiger partial charge >= 0.3 is 86.9 Å². The van der Waals surface area contributed by atoms with Crippen molar-refractivity contribution in [3.05, 3.63) is 29.8 Å². The fraction of sp³-hybridized carbons (Fsp3) is 0. The van der Waals surface area contributed by atoms with E-state index < -0.39 is 5.97 Å². The van der Waals surface area contributed by atoms with Gasteiger partial charge in [0.15, 0.2) is 0 Å². The Hall–Kier alpha value is 0.796. The van der Waals surface area contributed by atoms with Crippen LogP contribution < -0.4 is 85.7 Å². The van der Waals surface area contributed by atoms with Crippen molar-refractivity contribution in [2.24, 2.45) is 0 Å². The first-order valence-electron chi connectivity index (χ1n) is 3.17. The van der Waals surface area contributed by atoms with E-state index in [0.29, 0.717) is 5.75 Å². The maximum atomic E-state index is 10.4. The van der Waals surface area contributed by atoms with Crippen LogP contribution in [0.3, 0.4) is 0 Å². The maximum absolute atomic E-state index is 10.4. The summed E-state index contributed by atoms with van der Waals surface area (Å²) in [5, 5.41) is 8.50. The van der Waals surface area contributed by atoms with Crippen LogP contribution in [0.15, 0.2) is 24.3 Å². The minimum Gasteiger partial charge on any atom is -1.00 e. The van der Waals surface area contributed by atoms with Gasteiger partial charge in [0.1, 0.15) is 5.75 Å². The standard InChI is InChI=1S/C8H6O4.K.Na.2H/c9-5-12-7-3-1-6(2-4-7)8(10)11;;;;/h1-5H,(H,10,11);;;;/q;2*+1;2*-1. The van der Waals surface area contributed by atoms with E-state index in [-0.39, 0.29) is 95.8 Å². The second kappa shape index (κ2) is 9.05. The normalized spacial score (nSPS) is 7.71. The second-order valence-electron chi connectivity index (χ2n) is 2.04. The molecular formula is C8H8KNaO4. The quantitative estimate of drug-likeness (QED) is 0.418. The van der Waals surface area contributed by atoms with E-state index in [0.717, 1.165) is 0 Å². The van der Waals surface area contributed by atoms with Crippen molar-refractivity contribution < 1.29 is 103 Å². The number of ether oxygens (including phenoxy) is 1. The van der Waals surface area contributed by atoms with Crippen LogP contribution in [0.25, 0.3) is 0 Å². The van der Waals surface area contributed by atoms with Gasteiger partial charge in [-0.25, -0.2) is 4.79 Å². The van der Waals surface area contributed by atoms with Gasteiger partial charge in [0.25, 0.3) is 6.47 Å². The minimum atomic E-state index is -1.01. The number of carboxylic acid groups (broad SMARTS) is 1. The summed E-state index contributed by atoms with van der Waals surface area (Å²) >= 11 is 0. The number of hydrogen-bond acceptors (Lipinski definition) is 3. The van der Waals surface area contributed by atoms with Crippen molar-refractivity contribution in [2.75, 3.05) is 0 Å². The predicted octanol–water partition coefficient (Wildman–Crippen LogP) is -4.85.